The molecule has 4 rings (SSSR count). The van der Waals surface area contributed by atoms with Crippen molar-refractivity contribution in [1.82, 2.24) is 15.5 Å². The van der Waals surface area contributed by atoms with Gasteiger partial charge < -0.3 is 15.0 Å². The van der Waals surface area contributed by atoms with Gasteiger partial charge in [0.1, 0.15) is 5.01 Å². The quantitative estimate of drug-likeness (QED) is 0.902. The van der Waals surface area contributed by atoms with Crippen LogP contribution in [0.5, 0.6) is 0 Å². The van der Waals surface area contributed by atoms with Crippen LogP contribution in [0.3, 0.4) is 0 Å². The van der Waals surface area contributed by atoms with Gasteiger partial charge in [-0.2, -0.15) is 0 Å². The Morgan fingerprint density at radius 2 is 2.23 bits per heavy atom. The molecule has 3 aliphatic rings. The summed E-state index contributed by atoms with van der Waals surface area (Å²) in [5, 5.41) is 13.4. The number of carbonyl (C=O) groups excluding carboxylic acids is 1. The van der Waals surface area contributed by atoms with Crippen molar-refractivity contribution in [3.8, 4) is 0 Å². The Balaban J connectivity index is 1.48. The molecule has 2 aliphatic heterocycles. The number of fused-ring (bicyclic) bond motifs is 1. The molecule has 1 saturated carbocycles. The number of ether oxygens (including phenoxy) is 1. The van der Waals surface area contributed by atoms with Crippen LogP contribution in [-0.2, 0) is 9.53 Å². The summed E-state index contributed by atoms with van der Waals surface area (Å²) in [6.07, 6.45) is 3.66. The highest BCUT2D eigenvalue weighted by Crippen LogP contribution is 2.36. The van der Waals surface area contributed by atoms with Crippen molar-refractivity contribution in [2.45, 2.75) is 32.3 Å². The van der Waals surface area contributed by atoms with Crippen molar-refractivity contribution in [2.24, 2.45) is 17.8 Å². The first-order valence-corrected chi connectivity index (χ1v) is 8.96. The molecular formula is C15H22N4O2S. The van der Waals surface area contributed by atoms with Gasteiger partial charge in [-0.15, -0.1) is 10.2 Å². The second kappa shape index (κ2) is 5.77. The molecule has 22 heavy (non-hydrogen) atoms. The molecule has 1 aromatic rings. The normalized spacial score (nSPS) is 31.1. The molecular weight excluding hydrogens is 300 g/mol. The SMILES string of the molecule is Cc1nnc(N2C[C@@H]3OCC[C@@H]3[C@@H](C(=O)NCC3CC3)C2)s1. The van der Waals surface area contributed by atoms with Crippen molar-refractivity contribution in [2.75, 3.05) is 31.1 Å². The van der Waals surface area contributed by atoms with Gasteiger partial charge in [-0.25, -0.2) is 0 Å². The third-order valence-corrected chi connectivity index (χ3v) is 5.88. The van der Waals surface area contributed by atoms with Gasteiger partial charge in [-0.1, -0.05) is 11.3 Å². The lowest BCUT2D eigenvalue weighted by Gasteiger charge is -2.39. The molecule has 0 spiro atoms. The highest BCUT2D eigenvalue weighted by Gasteiger charge is 2.44. The Labute approximate surface area is 134 Å². The maximum absolute atomic E-state index is 12.6. The van der Waals surface area contributed by atoms with E-state index in [1.165, 1.54) is 12.8 Å². The smallest absolute Gasteiger partial charge is 0.225 e. The number of amides is 1. The van der Waals surface area contributed by atoms with Crippen molar-refractivity contribution in [3.05, 3.63) is 5.01 Å². The summed E-state index contributed by atoms with van der Waals surface area (Å²) in [4.78, 5) is 14.8. The van der Waals surface area contributed by atoms with Gasteiger partial charge >= 0.3 is 0 Å². The zero-order chi connectivity index (χ0) is 15.1. The molecule has 3 fully saturated rings. The Morgan fingerprint density at radius 3 is 2.95 bits per heavy atom. The van der Waals surface area contributed by atoms with Crippen LogP contribution in [0.25, 0.3) is 0 Å². The number of hydrogen-bond acceptors (Lipinski definition) is 6. The van der Waals surface area contributed by atoms with Gasteiger partial charge in [-0.05, 0) is 32.1 Å². The van der Waals surface area contributed by atoms with Gasteiger partial charge in [0.25, 0.3) is 0 Å². The van der Waals surface area contributed by atoms with Crippen molar-refractivity contribution in [1.29, 1.82) is 0 Å². The molecule has 1 amide bonds. The zero-order valence-electron chi connectivity index (χ0n) is 12.8. The second-order valence-corrected chi connectivity index (χ2v) is 7.83. The predicted octanol–water partition coefficient (Wildman–Crippen LogP) is 1.21. The minimum atomic E-state index is 0.00389. The topological polar surface area (TPSA) is 67.3 Å². The van der Waals surface area contributed by atoms with E-state index in [0.29, 0.717) is 11.8 Å². The maximum atomic E-state index is 12.6. The fourth-order valence-electron chi connectivity index (χ4n) is 3.52. The highest BCUT2D eigenvalue weighted by molar-refractivity contribution is 7.15. The number of anilines is 1. The van der Waals surface area contributed by atoms with Crippen molar-refractivity contribution in [3.63, 3.8) is 0 Å². The molecule has 0 aromatic carbocycles. The van der Waals surface area contributed by atoms with E-state index in [9.17, 15) is 4.79 Å². The van der Waals surface area contributed by atoms with E-state index in [1.807, 2.05) is 6.92 Å². The molecule has 0 bridgehead atoms. The van der Waals surface area contributed by atoms with E-state index in [0.717, 1.165) is 42.8 Å². The van der Waals surface area contributed by atoms with Crippen LogP contribution < -0.4 is 10.2 Å². The molecule has 1 aliphatic carbocycles. The summed E-state index contributed by atoms with van der Waals surface area (Å²) in [7, 11) is 0. The van der Waals surface area contributed by atoms with Crippen molar-refractivity contribution < 1.29 is 9.53 Å². The lowest BCUT2D eigenvalue weighted by atomic mass is 9.82. The van der Waals surface area contributed by atoms with E-state index < -0.39 is 0 Å². The van der Waals surface area contributed by atoms with Crippen molar-refractivity contribution >= 4 is 22.4 Å². The Kier molecular flexibility index (Phi) is 3.78. The number of hydrogen-bond donors (Lipinski definition) is 1. The summed E-state index contributed by atoms with van der Waals surface area (Å²) >= 11 is 1.59. The van der Waals surface area contributed by atoms with E-state index in [2.05, 4.69) is 20.4 Å². The van der Waals surface area contributed by atoms with Gasteiger partial charge in [-0.3, -0.25) is 4.79 Å². The summed E-state index contributed by atoms with van der Waals surface area (Å²) in [6, 6.07) is 0. The standard InChI is InChI=1S/C15H22N4O2S/c1-9-17-18-15(22-9)19-7-12(11-4-5-21-13(11)8-19)14(20)16-6-10-2-3-10/h10-13H,2-8H2,1H3,(H,16,20)/t11-,12+,13+/m1/s1. The Bertz CT molecular complexity index is 559. The summed E-state index contributed by atoms with van der Waals surface area (Å²) < 4.78 is 5.87. The van der Waals surface area contributed by atoms with Gasteiger partial charge in [0.15, 0.2) is 0 Å². The lowest BCUT2D eigenvalue weighted by Crippen LogP contribution is -2.53. The van der Waals surface area contributed by atoms with Gasteiger partial charge in [0, 0.05) is 32.2 Å². The highest BCUT2D eigenvalue weighted by atomic mass is 32.1. The van der Waals surface area contributed by atoms with Crippen LogP contribution in [0.2, 0.25) is 0 Å². The summed E-state index contributed by atoms with van der Waals surface area (Å²) in [6.45, 7) is 5.12. The van der Waals surface area contributed by atoms with E-state index in [-0.39, 0.29) is 17.9 Å². The number of rotatable bonds is 4. The number of nitrogens with one attached hydrogen (secondary N) is 1. The molecule has 3 atom stereocenters. The largest absolute Gasteiger partial charge is 0.376 e. The number of piperidine rings is 1. The maximum Gasteiger partial charge on any atom is 0.225 e. The van der Waals surface area contributed by atoms with E-state index in [4.69, 9.17) is 4.74 Å². The van der Waals surface area contributed by atoms with Crippen LogP contribution in [0.15, 0.2) is 0 Å². The molecule has 0 radical (unpaired) electrons. The Morgan fingerprint density at radius 1 is 1.36 bits per heavy atom. The van der Waals surface area contributed by atoms with Crippen LogP contribution in [-0.4, -0.2) is 48.4 Å². The monoisotopic (exact) mass is 322 g/mol. The second-order valence-electron chi connectivity index (χ2n) is 6.67. The van der Waals surface area contributed by atoms with Crippen LogP contribution >= 0.6 is 11.3 Å². The molecule has 1 N–H and O–H groups in total. The third kappa shape index (κ3) is 2.84. The molecule has 0 unspecified atom stereocenters. The van der Waals surface area contributed by atoms with E-state index >= 15 is 0 Å². The van der Waals surface area contributed by atoms with Crippen LogP contribution in [0.1, 0.15) is 24.3 Å². The minimum absolute atomic E-state index is 0.00389. The molecule has 7 heteroatoms. The number of aromatic nitrogens is 2. The number of nitrogens with zero attached hydrogens (tertiary/aromatic N) is 3. The summed E-state index contributed by atoms with van der Waals surface area (Å²) in [5.41, 5.74) is 0. The first-order chi connectivity index (χ1) is 10.7. The minimum Gasteiger partial charge on any atom is -0.376 e. The number of carbonyl (C=O) groups is 1. The first kappa shape index (κ1) is 14.4. The number of aryl methyl sites for hydroxylation is 1. The molecule has 3 heterocycles. The molecule has 6 nitrogen and oxygen atoms in total. The predicted molar refractivity (Wildman–Crippen MR) is 83.9 cm³/mol. The average molecular weight is 322 g/mol. The van der Waals surface area contributed by atoms with Gasteiger partial charge in [0.05, 0.1) is 12.0 Å². The average Bonchev–Trinajstić information content (AvgIpc) is 3.04. The first-order valence-electron chi connectivity index (χ1n) is 8.15. The van der Waals surface area contributed by atoms with Crippen LogP contribution in [0.4, 0.5) is 5.13 Å². The van der Waals surface area contributed by atoms with E-state index in [1.54, 1.807) is 11.3 Å². The molecule has 2 saturated heterocycles. The third-order valence-electron chi connectivity index (χ3n) is 4.98. The fourth-order valence-corrected chi connectivity index (χ4v) is 4.23. The lowest BCUT2D eigenvalue weighted by molar-refractivity contribution is -0.127. The van der Waals surface area contributed by atoms with Crippen LogP contribution in [0, 0.1) is 24.7 Å². The summed E-state index contributed by atoms with van der Waals surface area (Å²) in [5.74, 6) is 1.26. The molecule has 120 valence electrons. The Hall–Kier alpha value is -1.21. The fraction of sp³-hybridized carbons (Fsp3) is 0.800. The zero-order valence-corrected chi connectivity index (χ0v) is 13.6. The molecule has 1 aromatic heterocycles. The van der Waals surface area contributed by atoms with Gasteiger partial charge in [0.2, 0.25) is 11.0 Å².